The molecule has 0 aliphatic carbocycles. The molecule has 0 fully saturated rings. The second kappa shape index (κ2) is 6.86. The average Bonchev–Trinajstić information content (AvgIpc) is 3.08. The van der Waals surface area contributed by atoms with Crippen LogP contribution in [0.2, 0.25) is 0 Å². The van der Waals surface area contributed by atoms with E-state index < -0.39 is 49.8 Å². The summed E-state index contributed by atoms with van der Waals surface area (Å²) in [6, 6.07) is 1.98. The minimum Gasteiger partial charge on any atom is -0.360 e. The monoisotopic (exact) mass is 421 g/mol. The molecule has 0 saturated heterocycles. The van der Waals surface area contributed by atoms with Gasteiger partial charge in [0.1, 0.15) is 22.3 Å². The lowest BCUT2D eigenvalue weighted by atomic mass is 10.2. The van der Waals surface area contributed by atoms with Crippen molar-refractivity contribution >= 4 is 15.7 Å². The molecule has 12 heteroatoms. The van der Waals surface area contributed by atoms with Gasteiger partial charge in [-0.05, 0) is 18.2 Å². The summed E-state index contributed by atoms with van der Waals surface area (Å²) in [5, 5.41) is 0. The molecule has 0 atom stereocenters. The molecule has 0 bridgehead atoms. The molecule has 3 aromatic rings. The van der Waals surface area contributed by atoms with Crippen molar-refractivity contribution in [3.05, 3.63) is 65.9 Å². The van der Waals surface area contributed by atoms with Gasteiger partial charge < -0.3 is 4.98 Å². The van der Waals surface area contributed by atoms with E-state index in [1.54, 1.807) is 4.72 Å². The number of halogens is 6. The predicted octanol–water partition coefficient (Wildman–Crippen LogP) is 4.31. The zero-order chi connectivity index (χ0) is 20.7. The zero-order valence-electron chi connectivity index (χ0n) is 13.5. The highest BCUT2D eigenvalue weighted by molar-refractivity contribution is 7.92. The van der Waals surface area contributed by atoms with Gasteiger partial charge in [0.2, 0.25) is 0 Å². The molecule has 0 aliphatic heterocycles. The third-order valence-electron chi connectivity index (χ3n) is 3.63. The summed E-state index contributed by atoms with van der Waals surface area (Å²) >= 11 is 0. The molecule has 2 aromatic heterocycles. The molecule has 3 rings (SSSR count). The van der Waals surface area contributed by atoms with Crippen LogP contribution in [0.15, 0.2) is 47.8 Å². The first kappa shape index (κ1) is 19.7. The maximum absolute atomic E-state index is 13.9. The Morgan fingerprint density at radius 3 is 2.36 bits per heavy atom. The lowest BCUT2D eigenvalue weighted by Crippen LogP contribution is -2.15. The Bertz CT molecular complexity index is 1140. The number of aromatic amines is 1. The topological polar surface area (TPSA) is 74.8 Å². The summed E-state index contributed by atoms with van der Waals surface area (Å²) in [6.45, 7) is 0. The molecule has 0 aliphatic rings. The van der Waals surface area contributed by atoms with Gasteiger partial charge in [-0.3, -0.25) is 9.71 Å². The van der Waals surface area contributed by atoms with E-state index in [1.165, 1.54) is 6.20 Å². The van der Waals surface area contributed by atoms with Crippen molar-refractivity contribution in [2.45, 2.75) is 11.1 Å². The van der Waals surface area contributed by atoms with Crippen LogP contribution in [0.25, 0.3) is 11.3 Å². The van der Waals surface area contributed by atoms with E-state index in [0.717, 1.165) is 24.5 Å². The molecule has 1 aromatic carbocycles. The number of pyridine rings is 1. The Morgan fingerprint density at radius 1 is 1.00 bits per heavy atom. The lowest BCUT2D eigenvalue weighted by Gasteiger charge is -2.12. The van der Waals surface area contributed by atoms with E-state index in [9.17, 15) is 34.8 Å². The molecule has 0 saturated carbocycles. The normalized spacial score (nSPS) is 12.2. The maximum atomic E-state index is 13.9. The summed E-state index contributed by atoms with van der Waals surface area (Å²) < 4.78 is 105. The quantitative estimate of drug-likeness (QED) is 0.617. The Hall–Kier alpha value is -3.02. The van der Waals surface area contributed by atoms with Gasteiger partial charge in [0, 0.05) is 24.7 Å². The van der Waals surface area contributed by atoms with Crippen molar-refractivity contribution < 1.29 is 34.8 Å². The average molecular weight is 421 g/mol. The number of sulfonamides is 1. The molecule has 0 unspecified atom stereocenters. The highest BCUT2D eigenvalue weighted by Crippen LogP contribution is 2.34. The second-order valence-corrected chi connectivity index (χ2v) is 7.20. The summed E-state index contributed by atoms with van der Waals surface area (Å²) in [5.74, 6) is -4.16. The summed E-state index contributed by atoms with van der Waals surface area (Å²) in [5.41, 5.74) is -2.90. The molecular weight excluding hydrogens is 412 g/mol. The Labute approximate surface area is 154 Å². The molecular formula is C16H9F6N3O2S. The molecule has 28 heavy (non-hydrogen) atoms. The molecule has 0 amide bonds. The van der Waals surface area contributed by atoms with Gasteiger partial charge in [-0.1, -0.05) is 0 Å². The van der Waals surface area contributed by atoms with Crippen LogP contribution < -0.4 is 4.72 Å². The van der Waals surface area contributed by atoms with Crippen molar-refractivity contribution in [3.63, 3.8) is 0 Å². The van der Waals surface area contributed by atoms with E-state index in [-0.39, 0.29) is 23.4 Å². The number of H-pyrrole nitrogens is 1. The number of nitrogens with zero attached hydrogens (tertiary/aromatic N) is 1. The molecule has 0 spiro atoms. The smallest absolute Gasteiger partial charge is 0.360 e. The van der Waals surface area contributed by atoms with Gasteiger partial charge in [-0.15, -0.1) is 0 Å². The van der Waals surface area contributed by atoms with Gasteiger partial charge in [0.25, 0.3) is 10.0 Å². The van der Waals surface area contributed by atoms with E-state index in [0.29, 0.717) is 0 Å². The first-order valence-electron chi connectivity index (χ1n) is 7.36. The van der Waals surface area contributed by atoms with Crippen LogP contribution in [-0.2, 0) is 16.2 Å². The number of rotatable bonds is 4. The largest absolute Gasteiger partial charge is 0.419 e. The summed E-state index contributed by atoms with van der Waals surface area (Å²) in [6.07, 6.45) is -1.88. The summed E-state index contributed by atoms with van der Waals surface area (Å²) in [7, 11) is -4.51. The van der Waals surface area contributed by atoms with Crippen molar-refractivity contribution in [1.82, 2.24) is 9.97 Å². The lowest BCUT2D eigenvalue weighted by molar-refractivity contribution is -0.140. The van der Waals surface area contributed by atoms with E-state index >= 15 is 0 Å². The fourth-order valence-electron chi connectivity index (χ4n) is 2.31. The fourth-order valence-corrected chi connectivity index (χ4v) is 3.36. The predicted molar refractivity (Wildman–Crippen MR) is 86.2 cm³/mol. The number of benzene rings is 1. The van der Waals surface area contributed by atoms with Crippen LogP contribution in [-0.4, -0.2) is 18.4 Å². The van der Waals surface area contributed by atoms with Crippen LogP contribution in [0.5, 0.6) is 0 Å². The molecule has 148 valence electrons. The number of nitrogens with one attached hydrogen (secondary N) is 2. The number of alkyl halides is 3. The minimum atomic E-state index is -5.15. The number of aromatic nitrogens is 2. The third kappa shape index (κ3) is 3.81. The first-order chi connectivity index (χ1) is 13.0. The van der Waals surface area contributed by atoms with Gasteiger partial charge in [0.05, 0.1) is 22.5 Å². The Kier molecular flexibility index (Phi) is 4.83. The Morgan fingerprint density at radius 2 is 1.71 bits per heavy atom. The fraction of sp³-hybridized carbons (Fsp3) is 0.0625. The van der Waals surface area contributed by atoms with E-state index in [4.69, 9.17) is 0 Å². The number of hydrogen-bond donors (Lipinski definition) is 2. The van der Waals surface area contributed by atoms with Gasteiger partial charge >= 0.3 is 6.18 Å². The van der Waals surface area contributed by atoms with Crippen LogP contribution in [0.3, 0.4) is 0 Å². The summed E-state index contributed by atoms with van der Waals surface area (Å²) in [4.78, 5) is 5.72. The number of anilines is 1. The van der Waals surface area contributed by atoms with Gasteiger partial charge in [-0.25, -0.2) is 21.6 Å². The molecule has 2 N–H and O–H groups in total. The van der Waals surface area contributed by atoms with Crippen LogP contribution in [0.1, 0.15) is 5.56 Å². The van der Waals surface area contributed by atoms with E-state index in [1.807, 2.05) is 0 Å². The van der Waals surface area contributed by atoms with Crippen molar-refractivity contribution in [3.8, 4) is 11.3 Å². The SMILES string of the molecule is O=S(=O)(Nc1cc(F)c(C(F)(F)F)cc1F)c1c[nH]c(-c2cnccc2F)c1. The zero-order valence-corrected chi connectivity index (χ0v) is 14.3. The molecule has 2 heterocycles. The molecule has 0 radical (unpaired) electrons. The van der Waals surface area contributed by atoms with Crippen molar-refractivity contribution in [2.24, 2.45) is 0 Å². The third-order valence-corrected chi connectivity index (χ3v) is 4.98. The number of hydrogen-bond acceptors (Lipinski definition) is 3. The van der Waals surface area contributed by atoms with E-state index in [2.05, 4.69) is 9.97 Å². The van der Waals surface area contributed by atoms with Crippen molar-refractivity contribution in [1.29, 1.82) is 0 Å². The highest BCUT2D eigenvalue weighted by Gasteiger charge is 2.35. The standard InChI is InChI=1S/C16H9F6N3O2S/c17-11-1-2-23-7-9(11)14-3-8(6-24-14)28(26,27)25-15-5-12(18)10(4-13(15)19)16(20,21)22/h1-7,24-25H. The van der Waals surface area contributed by atoms with Crippen molar-refractivity contribution in [2.75, 3.05) is 4.72 Å². The van der Waals surface area contributed by atoms with Gasteiger partial charge in [-0.2, -0.15) is 13.2 Å². The molecule has 5 nitrogen and oxygen atoms in total. The maximum Gasteiger partial charge on any atom is 0.419 e. The minimum absolute atomic E-state index is 0.0325. The van der Waals surface area contributed by atoms with Crippen LogP contribution >= 0.6 is 0 Å². The first-order valence-corrected chi connectivity index (χ1v) is 8.85. The van der Waals surface area contributed by atoms with Crippen LogP contribution in [0.4, 0.5) is 32.0 Å². The second-order valence-electron chi connectivity index (χ2n) is 5.52. The van der Waals surface area contributed by atoms with Gasteiger partial charge in [0.15, 0.2) is 0 Å². The highest BCUT2D eigenvalue weighted by atomic mass is 32.2. The Balaban J connectivity index is 1.93. The van der Waals surface area contributed by atoms with Crippen LogP contribution in [0, 0.1) is 17.5 Å².